The highest BCUT2D eigenvalue weighted by Gasteiger charge is 2.07. The highest BCUT2D eigenvalue weighted by Crippen LogP contribution is 2.21. The van der Waals surface area contributed by atoms with E-state index in [-0.39, 0.29) is 11.9 Å². The summed E-state index contributed by atoms with van der Waals surface area (Å²) in [4.78, 5) is 7.70. The second-order valence-electron chi connectivity index (χ2n) is 3.65. The van der Waals surface area contributed by atoms with E-state index in [4.69, 9.17) is 15.9 Å². The van der Waals surface area contributed by atoms with E-state index in [0.29, 0.717) is 5.76 Å². The molecule has 0 atom stereocenters. The Bertz CT molecular complexity index is 655. The summed E-state index contributed by atoms with van der Waals surface area (Å²) in [7, 11) is 0. The minimum atomic E-state index is 0.145. The molecule has 0 aliphatic rings. The largest absolute Gasteiger partial charge is 0.444 e. The molecule has 0 bridgehead atoms. The fraction of sp³-hybridized carbons (Fsp3) is 0. The molecule has 0 fully saturated rings. The Morgan fingerprint density at radius 2 is 1.89 bits per heavy atom. The third-order valence-electron chi connectivity index (χ3n) is 2.48. The lowest BCUT2D eigenvalue weighted by molar-refractivity contribution is 0.572. The molecule has 0 spiro atoms. The molecule has 90 valence electrons. The van der Waals surface area contributed by atoms with Crippen molar-refractivity contribution < 1.29 is 4.42 Å². The highest BCUT2D eigenvalue weighted by atomic mass is 16.3. The summed E-state index contributed by atoms with van der Waals surface area (Å²) in [5, 5.41) is 4.00. The average Bonchev–Trinajstić information content (AvgIpc) is 2.99. The summed E-state index contributed by atoms with van der Waals surface area (Å²) in [6.07, 6.45) is 3.04. The standard InChI is InChI=1S/C11H10N6O/c12-10-15-11(13)17(16-10)8-3-1-7(2-4-8)9-5-14-6-18-9/h1-6H,(H4,12,13,15,16). The highest BCUT2D eigenvalue weighted by molar-refractivity contribution is 5.58. The minimum absolute atomic E-state index is 0.145. The van der Waals surface area contributed by atoms with Crippen molar-refractivity contribution >= 4 is 11.9 Å². The number of anilines is 2. The Morgan fingerprint density at radius 1 is 1.11 bits per heavy atom. The Hall–Kier alpha value is -2.83. The lowest BCUT2D eigenvalue weighted by atomic mass is 10.2. The van der Waals surface area contributed by atoms with Crippen molar-refractivity contribution in [1.82, 2.24) is 19.7 Å². The number of rotatable bonds is 2. The number of nitrogens with zero attached hydrogens (tertiary/aromatic N) is 4. The van der Waals surface area contributed by atoms with Gasteiger partial charge in [0, 0.05) is 5.56 Å². The number of nitrogen functional groups attached to an aromatic ring is 2. The fourth-order valence-electron chi connectivity index (χ4n) is 1.66. The summed E-state index contributed by atoms with van der Waals surface area (Å²) in [5.74, 6) is 1.10. The van der Waals surface area contributed by atoms with Crippen LogP contribution in [0.3, 0.4) is 0 Å². The van der Waals surface area contributed by atoms with Gasteiger partial charge in [0.05, 0.1) is 11.9 Å². The van der Waals surface area contributed by atoms with Crippen LogP contribution in [-0.2, 0) is 0 Å². The van der Waals surface area contributed by atoms with Crippen LogP contribution in [0, 0.1) is 0 Å². The van der Waals surface area contributed by atoms with E-state index < -0.39 is 0 Å². The van der Waals surface area contributed by atoms with Gasteiger partial charge in [-0.2, -0.15) is 9.67 Å². The van der Waals surface area contributed by atoms with Gasteiger partial charge in [-0.15, -0.1) is 5.10 Å². The van der Waals surface area contributed by atoms with Crippen molar-refractivity contribution in [3.05, 3.63) is 36.9 Å². The van der Waals surface area contributed by atoms with E-state index in [9.17, 15) is 0 Å². The first-order valence-corrected chi connectivity index (χ1v) is 5.21. The van der Waals surface area contributed by atoms with Gasteiger partial charge in [0.25, 0.3) is 0 Å². The summed E-state index contributed by atoms with van der Waals surface area (Å²) in [6.45, 7) is 0. The molecule has 18 heavy (non-hydrogen) atoms. The maximum Gasteiger partial charge on any atom is 0.241 e. The van der Waals surface area contributed by atoms with Gasteiger partial charge in [0.2, 0.25) is 11.9 Å². The van der Waals surface area contributed by atoms with Crippen molar-refractivity contribution in [2.24, 2.45) is 0 Å². The van der Waals surface area contributed by atoms with Crippen LogP contribution >= 0.6 is 0 Å². The molecule has 2 aromatic heterocycles. The molecule has 3 aromatic rings. The fourth-order valence-corrected chi connectivity index (χ4v) is 1.66. The van der Waals surface area contributed by atoms with Gasteiger partial charge in [-0.05, 0) is 24.3 Å². The Morgan fingerprint density at radius 3 is 2.44 bits per heavy atom. The van der Waals surface area contributed by atoms with Crippen molar-refractivity contribution in [2.75, 3.05) is 11.5 Å². The van der Waals surface area contributed by atoms with Crippen LogP contribution < -0.4 is 11.5 Å². The third-order valence-corrected chi connectivity index (χ3v) is 2.48. The number of hydrogen-bond acceptors (Lipinski definition) is 6. The van der Waals surface area contributed by atoms with Gasteiger partial charge in [-0.3, -0.25) is 0 Å². The Balaban J connectivity index is 1.99. The second kappa shape index (κ2) is 3.88. The van der Waals surface area contributed by atoms with Crippen LogP contribution in [-0.4, -0.2) is 19.7 Å². The molecule has 0 aliphatic carbocycles. The molecule has 2 heterocycles. The van der Waals surface area contributed by atoms with Gasteiger partial charge in [-0.1, -0.05) is 0 Å². The molecule has 0 unspecified atom stereocenters. The molecular weight excluding hydrogens is 232 g/mol. The number of hydrogen-bond donors (Lipinski definition) is 2. The first-order valence-electron chi connectivity index (χ1n) is 5.21. The molecule has 0 radical (unpaired) electrons. The minimum Gasteiger partial charge on any atom is -0.444 e. The van der Waals surface area contributed by atoms with Crippen molar-refractivity contribution in [3.8, 4) is 17.0 Å². The zero-order valence-electron chi connectivity index (χ0n) is 9.32. The first kappa shape index (κ1) is 10.3. The van der Waals surface area contributed by atoms with Gasteiger partial charge >= 0.3 is 0 Å². The molecule has 3 rings (SSSR count). The lowest BCUT2D eigenvalue weighted by Gasteiger charge is -2.03. The van der Waals surface area contributed by atoms with Crippen LogP contribution in [0.1, 0.15) is 0 Å². The monoisotopic (exact) mass is 242 g/mol. The summed E-state index contributed by atoms with van der Waals surface area (Å²) in [5.41, 5.74) is 12.9. The van der Waals surface area contributed by atoms with Crippen LogP contribution in [0.5, 0.6) is 0 Å². The lowest BCUT2D eigenvalue weighted by Crippen LogP contribution is -2.02. The van der Waals surface area contributed by atoms with E-state index in [0.717, 1.165) is 11.3 Å². The van der Waals surface area contributed by atoms with E-state index >= 15 is 0 Å². The Labute approximate surface area is 102 Å². The number of benzene rings is 1. The molecule has 0 aliphatic heterocycles. The van der Waals surface area contributed by atoms with Crippen molar-refractivity contribution in [3.63, 3.8) is 0 Å². The molecule has 4 N–H and O–H groups in total. The van der Waals surface area contributed by atoms with Crippen LogP contribution in [0.15, 0.2) is 41.3 Å². The normalized spacial score (nSPS) is 10.7. The van der Waals surface area contributed by atoms with Gasteiger partial charge < -0.3 is 15.9 Å². The molecule has 0 saturated carbocycles. The summed E-state index contributed by atoms with van der Waals surface area (Å²) >= 11 is 0. The first-order chi connectivity index (χ1) is 8.74. The van der Waals surface area contributed by atoms with E-state index in [1.807, 2.05) is 24.3 Å². The predicted molar refractivity (Wildman–Crippen MR) is 65.7 cm³/mol. The van der Waals surface area contributed by atoms with E-state index in [1.165, 1.54) is 11.1 Å². The number of nitrogens with two attached hydrogens (primary N) is 2. The zero-order chi connectivity index (χ0) is 12.5. The molecule has 0 amide bonds. The predicted octanol–water partition coefficient (Wildman–Crippen LogP) is 1.09. The van der Waals surface area contributed by atoms with E-state index in [1.54, 1.807) is 6.20 Å². The SMILES string of the molecule is Nc1nc(N)n(-c2ccc(-c3cnco3)cc2)n1. The average molecular weight is 242 g/mol. The summed E-state index contributed by atoms with van der Waals surface area (Å²) in [6, 6.07) is 7.46. The Kier molecular flexibility index (Phi) is 2.23. The molecule has 7 nitrogen and oxygen atoms in total. The maximum atomic E-state index is 5.69. The van der Waals surface area contributed by atoms with Crippen molar-refractivity contribution in [1.29, 1.82) is 0 Å². The molecular formula is C11H10N6O. The smallest absolute Gasteiger partial charge is 0.241 e. The van der Waals surface area contributed by atoms with Crippen LogP contribution in [0.25, 0.3) is 17.0 Å². The van der Waals surface area contributed by atoms with Gasteiger partial charge in [0.15, 0.2) is 12.2 Å². The van der Waals surface area contributed by atoms with E-state index in [2.05, 4.69) is 15.1 Å². The van der Waals surface area contributed by atoms with Crippen LogP contribution in [0.4, 0.5) is 11.9 Å². The molecule has 0 saturated heterocycles. The number of aromatic nitrogens is 4. The molecule has 1 aromatic carbocycles. The quantitative estimate of drug-likeness (QED) is 0.696. The van der Waals surface area contributed by atoms with Crippen LogP contribution in [0.2, 0.25) is 0 Å². The number of oxazole rings is 1. The maximum absolute atomic E-state index is 5.69. The van der Waals surface area contributed by atoms with Crippen molar-refractivity contribution in [2.45, 2.75) is 0 Å². The molecule has 7 heteroatoms. The van der Waals surface area contributed by atoms with Gasteiger partial charge in [-0.25, -0.2) is 4.98 Å². The second-order valence-corrected chi connectivity index (χ2v) is 3.65. The third kappa shape index (κ3) is 1.67. The zero-order valence-corrected chi connectivity index (χ0v) is 9.32. The topological polar surface area (TPSA) is 109 Å². The summed E-state index contributed by atoms with van der Waals surface area (Å²) < 4.78 is 6.67. The van der Waals surface area contributed by atoms with Gasteiger partial charge in [0.1, 0.15) is 0 Å².